The normalized spacial score (nSPS) is 27.8. The van der Waals surface area contributed by atoms with Gasteiger partial charge in [-0.05, 0) is 31.1 Å². The SMILES string of the molecule is CC1CC([C@@H](CCC(N)=O)C(=O)O)C1. The lowest BCUT2D eigenvalue weighted by molar-refractivity contribution is -0.146. The van der Waals surface area contributed by atoms with Gasteiger partial charge in [0, 0.05) is 6.42 Å². The maximum absolute atomic E-state index is 10.9. The van der Waals surface area contributed by atoms with Crippen LogP contribution in [0.4, 0.5) is 0 Å². The number of hydrogen-bond donors (Lipinski definition) is 2. The van der Waals surface area contributed by atoms with Crippen LogP contribution in [-0.4, -0.2) is 17.0 Å². The second kappa shape index (κ2) is 4.44. The molecule has 80 valence electrons. The molecule has 1 atom stereocenters. The van der Waals surface area contributed by atoms with E-state index in [1.54, 1.807) is 0 Å². The summed E-state index contributed by atoms with van der Waals surface area (Å²) in [5.41, 5.74) is 5.00. The van der Waals surface area contributed by atoms with E-state index in [1.165, 1.54) is 0 Å². The molecule has 0 radical (unpaired) electrons. The van der Waals surface area contributed by atoms with E-state index in [0.29, 0.717) is 12.3 Å². The van der Waals surface area contributed by atoms with Crippen molar-refractivity contribution in [1.82, 2.24) is 0 Å². The lowest BCUT2D eigenvalue weighted by Gasteiger charge is -2.36. The maximum atomic E-state index is 10.9. The number of primary amides is 1. The average molecular weight is 199 g/mol. The third-order valence-corrected chi connectivity index (χ3v) is 3.00. The topological polar surface area (TPSA) is 80.4 Å². The van der Waals surface area contributed by atoms with Crippen molar-refractivity contribution in [3.05, 3.63) is 0 Å². The molecule has 1 amide bonds. The Morgan fingerprint density at radius 2 is 2.07 bits per heavy atom. The van der Waals surface area contributed by atoms with Gasteiger partial charge in [-0.25, -0.2) is 0 Å². The number of hydrogen-bond acceptors (Lipinski definition) is 2. The minimum absolute atomic E-state index is 0.182. The summed E-state index contributed by atoms with van der Waals surface area (Å²) in [6, 6.07) is 0. The quantitative estimate of drug-likeness (QED) is 0.693. The molecular formula is C10H17NO3. The van der Waals surface area contributed by atoms with Crippen LogP contribution in [0.2, 0.25) is 0 Å². The Labute approximate surface area is 83.5 Å². The third-order valence-electron chi connectivity index (χ3n) is 3.00. The lowest BCUT2D eigenvalue weighted by Crippen LogP contribution is -2.34. The molecule has 0 spiro atoms. The largest absolute Gasteiger partial charge is 0.481 e. The molecule has 0 aromatic heterocycles. The van der Waals surface area contributed by atoms with Crippen LogP contribution in [-0.2, 0) is 9.59 Å². The number of amides is 1. The van der Waals surface area contributed by atoms with E-state index >= 15 is 0 Å². The van der Waals surface area contributed by atoms with Crippen molar-refractivity contribution in [2.24, 2.45) is 23.5 Å². The van der Waals surface area contributed by atoms with Crippen molar-refractivity contribution < 1.29 is 14.7 Å². The van der Waals surface area contributed by atoms with Gasteiger partial charge in [-0.3, -0.25) is 9.59 Å². The zero-order valence-corrected chi connectivity index (χ0v) is 8.40. The Kier molecular flexibility index (Phi) is 3.49. The van der Waals surface area contributed by atoms with Gasteiger partial charge in [0.25, 0.3) is 0 Å². The van der Waals surface area contributed by atoms with Gasteiger partial charge in [-0.15, -0.1) is 0 Å². The molecule has 0 saturated heterocycles. The summed E-state index contributed by atoms with van der Waals surface area (Å²) in [4.78, 5) is 21.4. The van der Waals surface area contributed by atoms with Crippen molar-refractivity contribution in [1.29, 1.82) is 0 Å². The molecule has 0 aromatic carbocycles. The van der Waals surface area contributed by atoms with Crippen LogP contribution >= 0.6 is 0 Å². The van der Waals surface area contributed by atoms with Crippen LogP contribution in [0.1, 0.15) is 32.6 Å². The summed E-state index contributed by atoms with van der Waals surface area (Å²) in [6.45, 7) is 2.11. The van der Waals surface area contributed by atoms with Gasteiger partial charge < -0.3 is 10.8 Å². The Hall–Kier alpha value is -1.06. The molecule has 0 aromatic rings. The minimum atomic E-state index is -0.789. The first kappa shape index (κ1) is 11.0. The zero-order valence-electron chi connectivity index (χ0n) is 8.40. The Morgan fingerprint density at radius 1 is 1.50 bits per heavy atom. The first-order valence-electron chi connectivity index (χ1n) is 5.01. The molecule has 0 aliphatic heterocycles. The highest BCUT2D eigenvalue weighted by atomic mass is 16.4. The number of carboxylic acid groups (broad SMARTS) is 1. The summed E-state index contributed by atoms with van der Waals surface area (Å²) in [7, 11) is 0. The van der Waals surface area contributed by atoms with Gasteiger partial charge in [-0.2, -0.15) is 0 Å². The summed E-state index contributed by atoms with van der Waals surface area (Å²) in [6.07, 6.45) is 2.51. The van der Waals surface area contributed by atoms with E-state index in [4.69, 9.17) is 10.8 Å². The monoisotopic (exact) mass is 199 g/mol. The highest BCUT2D eigenvalue weighted by Gasteiger charge is 2.36. The molecule has 1 rings (SSSR count). The fourth-order valence-electron chi connectivity index (χ4n) is 2.15. The molecule has 1 saturated carbocycles. The predicted molar refractivity (Wildman–Crippen MR) is 51.4 cm³/mol. The molecule has 14 heavy (non-hydrogen) atoms. The molecule has 4 heteroatoms. The first-order valence-corrected chi connectivity index (χ1v) is 5.01. The second-order valence-electron chi connectivity index (χ2n) is 4.29. The number of carbonyl (C=O) groups is 2. The van der Waals surface area contributed by atoms with E-state index in [9.17, 15) is 9.59 Å². The van der Waals surface area contributed by atoms with Crippen LogP contribution in [0.15, 0.2) is 0 Å². The molecule has 1 aliphatic rings. The first-order chi connectivity index (χ1) is 6.50. The Morgan fingerprint density at radius 3 is 2.43 bits per heavy atom. The van der Waals surface area contributed by atoms with Crippen LogP contribution in [0.5, 0.6) is 0 Å². The fraction of sp³-hybridized carbons (Fsp3) is 0.800. The standard InChI is InChI=1S/C10H17NO3/c1-6-4-7(5-6)8(10(13)14)2-3-9(11)12/h6-8H,2-5H2,1H3,(H2,11,12)(H,13,14)/t6?,7?,8-/m1/s1. The van der Waals surface area contributed by atoms with Gasteiger partial charge in [0.1, 0.15) is 0 Å². The van der Waals surface area contributed by atoms with Gasteiger partial charge in [-0.1, -0.05) is 6.92 Å². The van der Waals surface area contributed by atoms with Crippen LogP contribution < -0.4 is 5.73 Å². The van der Waals surface area contributed by atoms with E-state index in [0.717, 1.165) is 12.8 Å². The van der Waals surface area contributed by atoms with Gasteiger partial charge >= 0.3 is 5.97 Å². The molecule has 3 N–H and O–H groups in total. The summed E-state index contributed by atoms with van der Waals surface area (Å²) >= 11 is 0. The molecule has 1 aliphatic carbocycles. The van der Waals surface area contributed by atoms with Gasteiger partial charge in [0.05, 0.1) is 5.92 Å². The highest BCUT2D eigenvalue weighted by molar-refractivity contribution is 5.75. The van der Waals surface area contributed by atoms with Crippen molar-refractivity contribution >= 4 is 11.9 Å². The lowest BCUT2D eigenvalue weighted by atomic mass is 9.68. The third kappa shape index (κ3) is 2.72. The van der Waals surface area contributed by atoms with E-state index in [1.807, 2.05) is 0 Å². The smallest absolute Gasteiger partial charge is 0.306 e. The van der Waals surface area contributed by atoms with Crippen LogP contribution in [0.3, 0.4) is 0 Å². The van der Waals surface area contributed by atoms with Gasteiger partial charge in [0.15, 0.2) is 0 Å². The zero-order chi connectivity index (χ0) is 10.7. The summed E-state index contributed by atoms with van der Waals surface area (Å²) in [5, 5.41) is 8.96. The van der Waals surface area contributed by atoms with Gasteiger partial charge in [0.2, 0.25) is 5.91 Å². The number of nitrogens with two attached hydrogens (primary N) is 1. The van der Waals surface area contributed by atoms with Crippen molar-refractivity contribution in [3.63, 3.8) is 0 Å². The molecule has 0 unspecified atom stereocenters. The summed E-state index contributed by atoms with van der Waals surface area (Å²) in [5.74, 6) is -0.692. The maximum Gasteiger partial charge on any atom is 0.306 e. The average Bonchev–Trinajstić information content (AvgIpc) is 2.00. The Bertz CT molecular complexity index is 234. The minimum Gasteiger partial charge on any atom is -0.481 e. The van der Waals surface area contributed by atoms with Crippen molar-refractivity contribution in [2.45, 2.75) is 32.6 Å². The van der Waals surface area contributed by atoms with E-state index in [2.05, 4.69) is 6.92 Å². The number of carbonyl (C=O) groups excluding carboxylic acids is 1. The molecule has 4 nitrogen and oxygen atoms in total. The Balaban J connectivity index is 2.40. The molecule has 0 heterocycles. The highest BCUT2D eigenvalue weighted by Crippen LogP contribution is 2.40. The van der Waals surface area contributed by atoms with E-state index in [-0.39, 0.29) is 18.3 Å². The van der Waals surface area contributed by atoms with Crippen molar-refractivity contribution in [2.75, 3.05) is 0 Å². The molecule has 0 bridgehead atoms. The fourth-order valence-corrected chi connectivity index (χ4v) is 2.15. The van der Waals surface area contributed by atoms with E-state index < -0.39 is 11.9 Å². The van der Waals surface area contributed by atoms with Crippen LogP contribution in [0, 0.1) is 17.8 Å². The van der Waals surface area contributed by atoms with Crippen LogP contribution in [0.25, 0.3) is 0 Å². The predicted octanol–water partition coefficient (Wildman–Crippen LogP) is 0.999. The summed E-state index contributed by atoms with van der Waals surface area (Å²) < 4.78 is 0. The number of rotatable bonds is 5. The number of carboxylic acids is 1. The second-order valence-corrected chi connectivity index (χ2v) is 4.29. The van der Waals surface area contributed by atoms with Crippen molar-refractivity contribution in [3.8, 4) is 0 Å². The molecular weight excluding hydrogens is 182 g/mol. The number of aliphatic carboxylic acids is 1. The molecule has 1 fully saturated rings.